The molecule has 10 heteroatoms. The zero-order valence-corrected chi connectivity index (χ0v) is 48.2. The molecule has 0 saturated carbocycles. The van der Waals surface area contributed by atoms with Gasteiger partial charge in [0.25, 0.3) is 7.82 Å². The second kappa shape index (κ2) is 53.5. The van der Waals surface area contributed by atoms with Crippen molar-refractivity contribution in [3.05, 3.63) is 109 Å². The normalized spacial score (nSPS) is 14.1. The van der Waals surface area contributed by atoms with Crippen LogP contribution in [0.5, 0.6) is 0 Å². The number of carbonyl (C=O) groups excluding carboxylic acids is 2. The number of phosphoric acid groups is 1. The van der Waals surface area contributed by atoms with Gasteiger partial charge in [0.15, 0.2) is 6.10 Å². The molecule has 0 saturated heterocycles. The standard InChI is InChI=1S/C63H108NO8P/c1-6-8-10-12-14-16-18-19-20-21-22-23-24-25-26-27-28-29-30-31-32-33-34-35-36-37-38-39-40-41-42-43-44-45-46-48-50-52-54-56-63(66)72-61(60-71-73(67,68)70-58-57-64(3,4)5)59-69-62(65)55-53-51-49-47-17-15-13-11-9-7-2/h8,10,14,16,19-20,22-23,25-26,28-29,31-32,34-35,37-38,61H,6-7,9,11-13,15,17-18,21,24,27,30,33,36,39-60H2,1-5H3/b10-8-,16-14-,20-19-,23-22-,26-25-,29-28-,32-31-,35-34-,38-37-. The number of hydrogen-bond acceptors (Lipinski definition) is 8. The molecule has 0 fully saturated rings. The number of allylic oxidation sites excluding steroid dienone is 18. The number of ether oxygens (including phenoxy) is 2. The smallest absolute Gasteiger partial charge is 0.306 e. The van der Waals surface area contributed by atoms with Crippen LogP contribution in [-0.4, -0.2) is 70.0 Å². The van der Waals surface area contributed by atoms with Gasteiger partial charge < -0.3 is 27.9 Å². The third-order valence-electron chi connectivity index (χ3n) is 12.1. The van der Waals surface area contributed by atoms with E-state index >= 15 is 0 Å². The Morgan fingerprint density at radius 2 is 0.781 bits per heavy atom. The highest BCUT2D eigenvalue weighted by Gasteiger charge is 2.21. The Bertz CT molecular complexity index is 1600. The molecule has 73 heavy (non-hydrogen) atoms. The second-order valence-electron chi connectivity index (χ2n) is 20.3. The average molecular weight is 1040 g/mol. The van der Waals surface area contributed by atoms with Crippen LogP contribution < -0.4 is 4.89 Å². The van der Waals surface area contributed by atoms with Crippen LogP contribution >= 0.6 is 7.82 Å². The molecular weight excluding hydrogens is 930 g/mol. The summed E-state index contributed by atoms with van der Waals surface area (Å²) in [6.07, 6.45) is 74.4. The summed E-state index contributed by atoms with van der Waals surface area (Å²) in [6, 6.07) is 0. The van der Waals surface area contributed by atoms with Crippen molar-refractivity contribution in [2.75, 3.05) is 47.5 Å². The van der Waals surface area contributed by atoms with E-state index in [1.54, 1.807) is 0 Å². The number of unbranched alkanes of at least 4 members (excludes halogenated alkanes) is 20. The molecule has 2 atom stereocenters. The Labute approximate surface area is 448 Å². The lowest BCUT2D eigenvalue weighted by molar-refractivity contribution is -0.870. The molecule has 0 aromatic rings. The highest BCUT2D eigenvalue weighted by atomic mass is 31.2. The van der Waals surface area contributed by atoms with Gasteiger partial charge in [-0.1, -0.05) is 239 Å². The molecule has 0 aromatic carbocycles. The molecule has 2 unspecified atom stereocenters. The van der Waals surface area contributed by atoms with E-state index in [1.165, 1.54) is 89.9 Å². The third kappa shape index (κ3) is 57.8. The highest BCUT2D eigenvalue weighted by molar-refractivity contribution is 7.45. The lowest BCUT2D eigenvalue weighted by atomic mass is 10.0. The van der Waals surface area contributed by atoms with Crippen molar-refractivity contribution < 1.29 is 42.1 Å². The van der Waals surface area contributed by atoms with E-state index < -0.39 is 26.5 Å². The van der Waals surface area contributed by atoms with E-state index in [9.17, 15) is 19.0 Å². The van der Waals surface area contributed by atoms with Crippen LogP contribution in [0, 0.1) is 0 Å². The third-order valence-corrected chi connectivity index (χ3v) is 13.0. The summed E-state index contributed by atoms with van der Waals surface area (Å²) < 4.78 is 34.0. The van der Waals surface area contributed by atoms with Gasteiger partial charge in [-0.3, -0.25) is 14.2 Å². The molecule has 0 heterocycles. The van der Waals surface area contributed by atoms with Crippen molar-refractivity contribution in [2.24, 2.45) is 0 Å². The second-order valence-corrected chi connectivity index (χ2v) is 21.7. The molecule has 0 aromatic heterocycles. The number of nitrogens with zero attached hydrogens (tertiary/aromatic N) is 1. The lowest BCUT2D eigenvalue weighted by Gasteiger charge is -2.28. The predicted molar refractivity (Wildman–Crippen MR) is 309 cm³/mol. The quantitative estimate of drug-likeness (QED) is 0.0195. The first kappa shape index (κ1) is 69.7. The van der Waals surface area contributed by atoms with E-state index in [0.717, 1.165) is 103 Å². The zero-order valence-electron chi connectivity index (χ0n) is 47.3. The maximum Gasteiger partial charge on any atom is 0.306 e. The van der Waals surface area contributed by atoms with Gasteiger partial charge in [-0.05, 0) is 83.5 Å². The molecule has 0 amide bonds. The Morgan fingerprint density at radius 3 is 1.16 bits per heavy atom. The van der Waals surface area contributed by atoms with Gasteiger partial charge in [-0.25, -0.2) is 0 Å². The largest absolute Gasteiger partial charge is 0.756 e. The molecule has 418 valence electrons. The van der Waals surface area contributed by atoms with Crippen LogP contribution in [0.3, 0.4) is 0 Å². The van der Waals surface area contributed by atoms with Crippen molar-refractivity contribution >= 4 is 19.8 Å². The maximum atomic E-state index is 12.8. The monoisotopic (exact) mass is 1040 g/mol. The fourth-order valence-electron chi connectivity index (χ4n) is 7.59. The number of hydrogen-bond donors (Lipinski definition) is 0. The molecule has 0 spiro atoms. The Hall–Kier alpha value is -3.33. The molecule has 0 radical (unpaired) electrons. The summed E-state index contributed by atoms with van der Waals surface area (Å²) in [5, 5.41) is 0. The van der Waals surface area contributed by atoms with Crippen LogP contribution in [0.1, 0.15) is 226 Å². The Kier molecular flexibility index (Phi) is 51.1. The average Bonchev–Trinajstić information content (AvgIpc) is 3.35. The van der Waals surface area contributed by atoms with Crippen LogP contribution in [0.15, 0.2) is 109 Å². The van der Waals surface area contributed by atoms with Gasteiger partial charge in [0, 0.05) is 12.8 Å². The molecule has 0 aliphatic rings. The van der Waals surface area contributed by atoms with E-state index in [4.69, 9.17) is 18.5 Å². The number of rotatable bonds is 52. The van der Waals surface area contributed by atoms with Crippen molar-refractivity contribution in [3.8, 4) is 0 Å². The van der Waals surface area contributed by atoms with E-state index in [0.29, 0.717) is 17.4 Å². The summed E-state index contributed by atoms with van der Waals surface area (Å²) in [5.41, 5.74) is 0. The van der Waals surface area contributed by atoms with Crippen LogP contribution in [0.25, 0.3) is 0 Å². The molecule has 0 aliphatic heterocycles. The van der Waals surface area contributed by atoms with Gasteiger partial charge in [-0.2, -0.15) is 0 Å². The first-order valence-electron chi connectivity index (χ1n) is 29.1. The van der Waals surface area contributed by atoms with Gasteiger partial charge >= 0.3 is 11.9 Å². The number of esters is 2. The molecule has 0 rings (SSSR count). The van der Waals surface area contributed by atoms with Crippen molar-refractivity contribution in [2.45, 2.75) is 232 Å². The first-order valence-corrected chi connectivity index (χ1v) is 30.6. The Morgan fingerprint density at radius 1 is 0.438 bits per heavy atom. The minimum Gasteiger partial charge on any atom is -0.756 e. The fraction of sp³-hybridized carbons (Fsp3) is 0.683. The van der Waals surface area contributed by atoms with Crippen molar-refractivity contribution in [1.29, 1.82) is 0 Å². The number of likely N-dealkylation sites (N-methyl/N-ethyl adjacent to an activating group) is 1. The first-order chi connectivity index (χ1) is 35.5. The predicted octanol–water partition coefficient (Wildman–Crippen LogP) is 17.6. The summed E-state index contributed by atoms with van der Waals surface area (Å²) in [6.45, 7) is 4.09. The maximum absolute atomic E-state index is 12.8. The highest BCUT2D eigenvalue weighted by Crippen LogP contribution is 2.38. The van der Waals surface area contributed by atoms with E-state index in [2.05, 4.69) is 123 Å². The SMILES string of the molecule is CC/C=C\C/C=C\C/C=C\C/C=C\C/C=C\C/C=C\C/C=C\C/C=C\C/C=C\CCCCCCCCCCCCCC(=O)OC(COC(=O)CCCCCCCCCCCC)COP(=O)([O-])OCC[N+](C)(C)C. The molecule has 0 bridgehead atoms. The summed E-state index contributed by atoms with van der Waals surface area (Å²) in [5.74, 6) is -0.841. The molecule has 0 N–H and O–H groups in total. The fourth-order valence-corrected chi connectivity index (χ4v) is 8.32. The number of phosphoric ester groups is 1. The number of carbonyl (C=O) groups is 2. The molecule has 0 aliphatic carbocycles. The van der Waals surface area contributed by atoms with Gasteiger partial charge in [0.2, 0.25) is 0 Å². The van der Waals surface area contributed by atoms with Crippen LogP contribution in [0.4, 0.5) is 0 Å². The molecule has 9 nitrogen and oxygen atoms in total. The zero-order chi connectivity index (χ0) is 53.5. The van der Waals surface area contributed by atoms with Gasteiger partial charge in [-0.15, -0.1) is 0 Å². The van der Waals surface area contributed by atoms with Gasteiger partial charge in [0.1, 0.15) is 19.8 Å². The topological polar surface area (TPSA) is 111 Å². The number of quaternary nitrogens is 1. The van der Waals surface area contributed by atoms with Crippen LogP contribution in [0.2, 0.25) is 0 Å². The lowest BCUT2D eigenvalue weighted by Crippen LogP contribution is -2.37. The van der Waals surface area contributed by atoms with Crippen LogP contribution in [-0.2, 0) is 32.7 Å². The summed E-state index contributed by atoms with van der Waals surface area (Å²) in [4.78, 5) is 37.7. The van der Waals surface area contributed by atoms with E-state index in [1.807, 2.05) is 21.1 Å². The molecular formula is C63H108NO8P. The minimum absolute atomic E-state index is 0.0343. The summed E-state index contributed by atoms with van der Waals surface area (Å²) >= 11 is 0. The van der Waals surface area contributed by atoms with Gasteiger partial charge in [0.05, 0.1) is 27.7 Å². The van der Waals surface area contributed by atoms with Crippen molar-refractivity contribution in [3.63, 3.8) is 0 Å². The van der Waals surface area contributed by atoms with E-state index in [-0.39, 0.29) is 32.0 Å². The minimum atomic E-state index is -4.63. The Balaban J connectivity index is 4.03. The summed E-state index contributed by atoms with van der Waals surface area (Å²) in [7, 11) is 1.16. The van der Waals surface area contributed by atoms with Crippen molar-refractivity contribution in [1.82, 2.24) is 0 Å².